The third kappa shape index (κ3) is 4.18. The Bertz CT molecular complexity index is 644. The second-order valence-corrected chi connectivity index (χ2v) is 6.48. The van der Waals surface area contributed by atoms with Crippen molar-refractivity contribution < 1.29 is 9.00 Å². The van der Waals surface area contributed by atoms with Crippen LogP contribution >= 0.6 is 15.9 Å². The summed E-state index contributed by atoms with van der Waals surface area (Å²) in [5.74, 6) is -0.396. The maximum Gasteiger partial charge on any atom is 0.237 e. The second-order valence-electron chi connectivity index (χ2n) is 4.12. The first kappa shape index (κ1) is 14.7. The molecule has 104 valence electrons. The van der Waals surface area contributed by atoms with Crippen molar-refractivity contribution in [2.75, 3.05) is 16.8 Å². The number of halogens is 1. The molecule has 0 bridgehead atoms. The number of nitrogens with one attached hydrogen (secondary N) is 1. The number of rotatable bonds is 4. The minimum Gasteiger partial charge on any atom is -0.399 e. The van der Waals surface area contributed by atoms with E-state index in [2.05, 4.69) is 21.2 Å². The molecule has 0 aliphatic heterocycles. The van der Waals surface area contributed by atoms with Gasteiger partial charge in [0.05, 0.1) is 10.8 Å². The Hall–Kier alpha value is -1.66. The molecule has 1 atom stereocenters. The van der Waals surface area contributed by atoms with E-state index in [9.17, 15) is 9.00 Å². The van der Waals surface area contributed by atoms with Crippen LogP contribution in [0.15, 0.2) is 57.9 Å². The Morgan fingerprint density at radius 2 is 1.90 bits per heavy atom. The number of anilines is 2. The lowest BCUT2D eigenvalue weighted by atomic mass is 10.3. The van der Waals surface area contributed by atoms with Crippen molar-refractivity contribution in [3.63, 3.8) is 0 Å². The number of amides is 1. The summed E-state index contributed by atoms with van der Waals surface area (Å²) >= 11 is 3.32. The molecule has 1 unspecified atom stereocenters. The average molecular weight is 353 g/mol. The topological polar surface area (TPSA) is 72.2 Å². The summed E-state index contributed by atoms with van der Waals surface area (Å²) in [6, 6.07) is 13.9. The van der Waals surface area contributed by atoms with Crippen molar-refractivity contribution in [2.24, 2.45) is 0 Å². The Morgan fingerprint density at radius 3 is 2.55 bits per heavy atom. The Balaban J connectivity index is 1.97. The van der Waals surface area contributed by atoms with E-state index < -0.39 is 10.8 Å². The van der Waals surface area contributed by atoms with Gasteiger partial charge < -0.3 is 11.1 Å². The van der Waals surface area contributed by atoms with Crippen molar-refractivity contribution >= 4 is 44.0 Å². The second kappa shape index (κ2) is 6.67. The van der Waals surface area contributed by atoms with Gasteiger partial charge in [0.1, 0.15) is 5.75 Å². The zero-order valence-corrected chi connectivity index (χ0v) is 12.9. The maximum absolute atomic E-state index is 12.0. The Kier molecular flexibility index (Phi) is 4.92. The van der Waals surface area contributed by atoms with E-state index in [1.807, 2.05) is 12.1 Å². The number of hydrogen-bond donors (Lipinski definition) is 2. The standard InChI is InChI=1S/C14H13BrN2O2S/c15-10-4-6-12(7-5-10)17-14(18)9-20(19)13-3-1-2-11(16)8-13/h1-8H,9,16H2,(H,17,18). The molecule has 0 aliphatic rings. The molecule has 2 aromatic rings. The molecule has 0 saturated heterocycles. The van der Waals surface area contributed by atoms with Crippen LogP contribution < -0.4 is 11.1 Å². The molecular weight excluding hydrogens is 340 g/mol. The molecule has 3 N–H and O–H groups in total. The lowest BCUT2D eigenvalue weighted by Crippen LogP contribution is -2.19. The molecule has 6 heteroatoms. The summed E-state index contributed by atoms with van der Waals surface area (Å²) in [4.78, 5) is 12.4. The fourth-order valence-corrected chi connectivity index (χ4v) is 2.83. The van der Waals surface area contributed by atoms with Gasteiger partial charge in [0.2, 0.25) is 5.91 Å². The van der Waals surface area contributed by atoms with Gasteiger partial charge in [-0.1, -0.05) is 22.0 Å². The van der Waals surface area contributed by atoms with Crippen molar-refractivity contribution in [3.8, 4) is 0 Å². The summed E-state index contributed by atoms with van der Waals surface area (Å²) in [5, 5.41) is 2.70. The minimum atomic E-state index is -1.40. The van der Waals surface area contributed by atoms with Gasteiger partial charge in [-0.25, -0.2) is 0 Å². The first-order chi connectivity index (χ1) is 9.54. The highest BCUT2D eigenvalue weighted by Gasteiger charge is 2.10. The molecule has 4 nitrogen and oxygen atoms in total. The number of carbonyl (C=O) groups is 1. The van der Waals surface area contributed by atoms with E-state index in [0.717, 1.165) is 4.47 Å². The van der Waals surface area contributed by atoms with Crippen molar-refractivity contribution in [2.45, 2.75) is 4.90 Å². The van der Waals surface area contributed by atoms with Crippen LogP contribution in [0.3, 0.4) is 0 Å². The highest BCUT2D eigenvalue weighted by molar-refractivity contribution is 9.10. The van der Waals surface area contributed by atoms with Crippen LogP contribution in [0.1, 0.15) is 0 Å². The predicted octanol–water partition coefficient (Wildman–Crippen LogP) is 2.78. The summed E-state index contributed by atoms with van der Waals surface area (Å²) in [5.41, 5.74) is 6.83. The van der Waals surface area contributed by atoms with Crippen LogP contribution in [0.2, 0.25) is 0 Å². The molecule has 0 aliphatic carbocycles. The van der Waals surface area contributed by atoms with E-state index in [-0.39, 0.29) is 11.7 Å². The monoisotopic (exact) mass is 352 g/mol. The van der Waals surface area contributed by atoms with Gasteiger partial charge in [-0.15, -0.1) is 0 Å². The van der Waals surface area contributed by atoms with E-state index >= 15 is 0 Å². The molecule has 0 saturated carbocycles. The molecule has 2 aromatic carbocycles. The fourth-order valence-electron chi connectivity index (χ4n) is 1.59. The lowest BCUT2D eigenvalue weighted by molar-refractivity contribution is -0.113. The van der Waals surface area contributed by atoms with Gasteiger partial charge in [-0.3, -0.25) is 9.00 Å². The van der Waals surface area contributed by atoms with Crippen molar-refractivity contribution in [3.05, 3.63) is 53.0 Å². The van der Waals surface area contributed by atoms with Gasteiger partial charge >= 0.3 is 0 Å². The van der Waals surface area contributed by atoms with Gasteiger partial charge in [-0.2, -0.15) is 0 Å². The highest BCUT2D eigenvalue weighted by atomic mass is 79.9. The van der Waals surface area contributed by atoms with Gasteiger partial charge in [0, 0.05) is 20.7 Å². The largest absolute Gasteiger partial charge is 0.399 e. The number of benzene rings is 2. The molecule has 0 aromatic heterocycles. The van der Waals surface area contributed by atoms with Crippen LogP contribution in [0.4, 0.5) is 11.4 Å². The zero-order chi connectivity index (χ0) is 14.5. The molecule has 20 heavy (non-hydrogen) atoms. The van der Waals surface area contributed by atoms with Crippen LogP contribution in [0, 0.1) is 0 Å². The molecule has 0 radical (unpaired) electrons. The zero-order valence-electron chi connectivity index (χ0n) is 10.5. The third-order valence-electron chi connectivity index (χ3n) is 2.51. The number of hydrogen-bond acceptors (Lipinski definition) is 3. The smallest absolute Gasteiger partial charge is 0.237 e. The number of carbonyl (C=O) groups excluding carboxylic acids is 1. The van der Waals surface area contributed by atoms with Gasteiger partial charge in [0.15, 0.2) is 0 Å². The van der Waals surface area contributed by atoms with Crippen LogP contribution in [0.5, 0.6) is 0 Å². The Labute approximate surface area is 128 Å². The SMILES string of the molecule is Nc1cccc(S(=O)CC(=O)Nc2ccc(Br)cc2)c1. The van der Waals surface area contributed by atoms with Gasteiger partial charge in [0.25, 0.3) is 0 Å². The maximum atomic E-state index is 12.0. The quantitative estimate of drug-likeness (QED) is 0.831. The van der Waals surface area contributed by atoms with Crippen LogP contribution in [-0.2, 0) is 15.6 Å². The normalized spacial score (nSPS) is 11.8. The highest BCUT2D eigenvalue weighted by Crippen LogP contribution is 2.15. The molecular formula is C14H13BrN2O2S. The minimum absolute atomic E-state index is 0.0977. The van der Waals surface area contributed by atoms with Crippen LogP contribution in [-0.4, -0.2) is 15.9 Å². The first-order valence-corrected chi connectivity index (χ1v) is 7.95. The summed E-state index contributed by atoms with van der Waals surface area (Å²) < 4.78 is 13.0. The molecule has 1 amide bonds. The van der Waals surface area contributed by atoms with Crippen molar-refractivity contribution in [1.82, 2.24) is 0 Å². The number of nitrogen functional groups attached to an aromatic ring is 1. The first-order valence-electron chi connectivity index (χ1n) is 5.84. The van der Waals surface area contributed by atoms with E-state index in [4.69, 9.17) is 5.73 Å². The van der Waals surface area contributed by atoms with Crippen LogP contribution in [0.25, 0.3) is 0 Å². The molecule has 0 fully saturated rings. The fraction of sp³-hybridized carbons (Fsp3) is 0.0714. The van der Waals surface area contributed by atoms with Gasteiger partial charge in [-0.05, 0) is 42.5 Å². The van der Waals surface area contributed by atoms with Crippen molar-refractivity contribution in [1.29, 1.82) is 0 Å². The lowest BCUT2D eigenvalue weighted by Gasteiger charge is -2.06. The summed E-state index contributed by atoms with van der Waals surface area (Å²) in [7, 11) is -1.40. The third-order valence-corrected chi connectivity index (χ3v) is 4.34. The Morgan fingerprint density at radius 1 is 1.20 bits per heavy atom. The molecule has 0 heterocycles. The summed E-state index contributed by atoms with van der Waals surface area (Å²) in [6.07, 6.45) is 0. The number of nitrogens with two attached hydrogens (primary N) is 1. The van der Waals surface area contributed by atoms with E-state index in [1.165, 1.54) is 0 Å². The molecule has 2 rings (SSSR count). The predicted molar refractivity (Wildman–Crippen MR) is 84.9 cm³/mol. The van der Waals surface area contributed by atoms with E-state index in [1.54, 1.807) is 36.4 Å². The van der Waals surface area contributed by atoms with E-state index in [0.29, 0.717) is 16.3 Å². The summed E-state index contributed by atoms with van der Waals surface area (Å²) in [6.45, 7) is 0. The average Bonchev–Trinajstić information content (AvgIpc) is 2.41. The molecule has 0 spiro atoms.